The van der Waals surface area contributed by atoms with Crippen LogP contribution in [0.3, 0.4) is 0 Å². The average molecular weight is 292 g/mol. The summed E-state index contributed by atoms with van der Waals surface area (Å²) in [5, 5.41) is 13.9. The van der Waals surface area contributed by atoms with Crippen LogP contribution in [0, 0.1) is 0 Å². The molecule has 2 heterocycles. The highest BCUT2D eigenvalue weighted by atomic mass is 32.1. The van der Waals surface area contributed by atoms with Crippen LogP contribution in [0.25, 0.3) is 21.1 Å². The summed E-state index contributed by atoms with van der Waals surface area (Å²) in [5.74, 6) is 1.92. The molecule has 106 valence electrons. The molecule has 0 saturated carbocycles. The fraction of sp³-hybridized carbons (Fsp3) is 0.333. The van der Waals surface area contributed by atoms with Crippen molar-refractivity contribution in [2.24, 2.45) is 0 Å². The predicted octanol–water partition coefficient (Wildman–Crippen LogP) is 3.89. The summed E-state index contributed by atoms with van der Waals surface area (Å²) in [6.45, 7) is 3.37. The van der Waals surface area contributed by atoms with Crippen molar-refractivity contribution in [3.8, 4) is 11.5 Å². The van der Waals surface area contributed by atoms with E-state index in [1.165, 1.54) is 0 Å². The number of hydrogen-bond acceptors (Lipinski definition) is 5. The molecule has 0 spiro atoms. The second kappa shape index (κ2) is 4.40. The molecular weight excluding hydrogens is 276 g/mol. The van der Waals surface area contributed by atoms with E-state index in [1.54, 1.807) is 39.4 Å². The number of methoxy groups -OCH3 is 2. The lowest BCUT2D eigenvalue weighted by Crippen LogP contribution is -2.13. The number of benzene rings is 1. The van der Waals surface area contributed by atoms with Gasteiger partial charge in [0, 0.05) is 5.39 Å². The number of ether oxygens (including phenoxy) is 2. The number of aliphatic hydroxyl groups is 1. The van der Waals surface area contributed by atoms with Crippen LogP contribution < -0.4 is 9.47 Å². The maximum absolute atomic E-state index is 10.1. The lowest BCUT2D eigenvalue weighted by molar-refractivity contribution is 0.0558. The van der Waals surface area contributed by atoms with E-state index in [0.29, 0.717) is 17.1 Å². The Labute approximate surface area is 120 Å². The number of fused-ring (bicyclic) bond motifs is 2. The van der Waals surface area contributed by atoms with Gasteiger partial charge < -0.3 is 19.0 Å². The molecule has 1 aromatic carbocycles. The maximum atomic E-state index is 10.1. The molecule has 20 heavy (non-hydrogen) atoms. The van der Waals surface area contributed by atoms with Gasteiger partial charge in [0.2, 0.25) is 0 Å². The van der Waals surface area contributed by atoms with Gasteiger partial charge in [0.1, 0.15) is 17.1 Å². The fourth-order valence-corrected chi connectivity index (χ4v) is 3.26. The van der Waals surface area contributed by atoms with E-state index in [-0.39, 0.29) is 0 Å². The topological polar surface area (TPSA) is 51.8 Å². The van der Waals surface area contributed by atoms with Crippen molar-refractivity contribution in [2.45, 2.75) is 19.4 Å². The van der Waals surface area contributed by atoms with Gasteiger partial charge >= 0.3 is 0 Å². The molecule has 0 radical (unpaired) electrons. The first-order chi connectivity index (χ1) is 9.47. The fourth-order valence-electron chi connectivity index (χ4n) is 2.35. The van der Waals surface area contributed by atoms with Crippen LogP contribution in [-0.4, -0.2) is 19.3 Å². The summed E-state index contributed by atoms with van der Waals surface area (Å²) in [5.41, 5.74) is -0.445. The van der Waals surface area contributed by atoms with Crippen molar-refractivity contribution in [1.29, 1.82) is 0 Å². The summed E-state index contributed by atoms with van der Waals surface area (Å²) in [7, 11) is 3.25. The number of hydrogen-bond donors (Lipinski definition) is 1. The first-order valence-corrected chi connectivity index (χ1v) is 7.13. The molecule has 0 saturated heterocycles. The van der Waals surface area contributed by atoms with E-state index in [2.05, 4.69) is 0 Å². The van der Waals surface area contributed by atoms with Gasteiger partial charge in [0.15, 0.2) is 11.3 Å². The Balaban J connectivity index is 2.48. The maximum Gasteiger partial charge on any atom is 0.181 e. The minimum absolute atomic E-state index is 0.488. The molecule has 0 aliphatic rings. The quantitative estimate of drug-likeness (QED) is 0.795. The van der Waals surface area contributed by atoms with Crippen molar-refractivity contribution < 1.29 is 19.0 Å². The molecule has 0 atom stereocenters. The number of furan rings is 1. The van der Waals surface area contributed by atoms with Crippen LogP contribution in [0.1, 0.15) is 19.6 Å². The van der Waals surface area contributed by atoms with Crippen LogP contribution >= 0.6 is 11.3 Å². The SMILES string of the molecule is COc1c2cc(C(C)(C)O)oc2c(OC)c2sccc12. The van der Waals surface area contributed by atoms with Crippen LogP contribution in [0.5, 0.6) is 11.5 Å². The molecule has 3 rings (SSSR count). The molecule has 4 nitrogen and oxygen atoms in total. The standard InChI is InChI=1S/C15H16O4S/c1-15(2,16)10-7-9-11(17-3)8-5-6-20-14(8)13(18-4)12(9)19-10/h5-7,16H,1-4H3. The largest absolute Gasteiger partial charge is 0.495 e. The minimum Gasteiger partial charge on any atom is -0.495 e. The van der Waals surface area contributed by atoms with Gasteiger partial charge in [-0.2, -0.15) is 0 Å². The first kappa shape index (κ1) is 13.3. The van der Waals surface area contributed by atoms with Crippen LogP contribution in [0.15, 0.2) is 21.9 Å². The third-order valence-electron chi connectivity index (χ3n) is 3.31. The zero-order valence-electron chi connectivity index (χ0n) is 11.8. The lowest BCUT2D eigenvalue weighted by atomic mass is 10.1. The smallest absolute Gasteiger partial charge is 0.181 e. The number of rotatable bonds is 3. The van der Waals surface area contributed by atoms with Gasteiger partial charge in [0.25, 0.3) is 0 Å². The van der Waals surface area contributed by atoms with Gasteiger partial charge in [-0.1, -0.05) is 0 Å². The van der Waals surface area contributed by atoms with Crippen molar-refractivity contribution in [1.82, 2.24) is 0 Å². The summed E-state index contributed by atoms with van der Waals surface area (Å²) in [6.07, 6.45) is 0. The van der Waals surface area contributed by atoms with Crippen molar-refractivity contribution in [2.75, 3.05) is 14.2 Å². The van der Waals surface area contributed by atoms with Crippen molar-refractivity contribution in [3.05, 3.63) is 23.3 Å². The molecule has 0 aliphatic heterocycles. The van der Waals surface area contributed by atoms with Gasteiger partial charge in [-0.3, -0.25) is 0 Å². The Morgan fingerprint density at radius 1 is 1.15 bits per heavy atom. The van der Waals surface area contributed by atoms with E-state index < -0.39 is 5.60 Å². The van der Waals surface area contributed by atoms with Gasteiger partial charge in [-0.15, -0.1) is 11.3 Å². The molecule has 0 aliphatic carbocycles. The highest BCUT2D eigenvalue weighted by Crippen LogP contribution is 2.47. The zero-order valence-corrected chi connectivity index (χ0v) is 12.6. The Kier molecular flexibility index (Phi) is 2.92. The minimum atomic E-state index is -1.05. The normalized spacial score (nSPS) is 12.2. The molecule has 3 aromatic rings. The van der Waals surface area contributed by atoms with Gasteiger partial charge in [-0.05, 0) is 31.4 Å². The van der Waals surface area contributed by atoms with E-state index in [1.807, 2.05) is 17.5 Å². The van der Waals surface area contributed by atoms with E-state index >= 15 is 0 Å². The Bertz CT molecular complexity index is 720. The molecule has 0 fully saturated rings. The highest BCUT2D eigenvalue weighted by Gasteiger charge is 2.26. The van der Waals surface area contributed by atoms with E-state index in [0.717, 1.165) is 21.2 Å². The van der Waals surface area contributed by atoms with Crippen LogP contribution in [0.2, 0.25) is 0 Å². The van der Waals surface area contributed by atoms with Crippen LogP contribution in [0.4, 0.5) is 0 Å². The summed E-state index contributed by atoms with van der Waals surface area (Å²) >= 11 is 1.57. The van der Waals surface area contributed by atoms with Gasteiger partial charge in [0.05, 0.1) is 24.3 Å². The second-order valence-electron chi connectivity index (χ2n) is 5.14. The van der Waals surface area contributed by atoms with E-state index in [4.69, 9.17) is 13.9 Å². The molecular formula is C15H16O4S. The monoisotopic (exact) mass is 292 g/mol. The molecule has 1 N–H and O–H groups in total. The molecule has 0 amide bonds. The van der Waals surface area contributed by atoms with E-state index in [9.17, 15) is 5.11 Å². The third-order valence-corrected chi connectivity index (χ3v) is 4.22. The Hall–Kier alpha value is -1.72. The van der Waals surface area contributed by atoms with Crippen molar-refractivity contribution in [3.63, 3.8) is 0 Å². The summed E-state index contributed by atoms with van der Waals surface area (Å²) in [6, 6.07) is 3.81. The second-order valence-corrected chi connectivity index (χ2v) is 6.06. The summed E-state index contributed by atoms with van der Waals surface area (Å²) < 4.78 is 17.8. The van der Waals surface area contributed by atoms with Gasteiger partial charge in [-0.25, -0.2) is 0 Å². The first-order valence-electron chi connectivity index (χ1n) is 6.25. The van der Waals surface area contributed by atoms with Crippen LogP contribution in [-0.2, 0) is 5.60 Å². The Morgan fingerprint density at radius 2 is 1.85 bits per heavy atom. The molecule has 0 bridgehead atoms. The third kappa shape index (κ3) is 1.77. The summed E-state index contributed by atoms with van der Waals surface area (Å²) in [4.78, 5) is 0. The van der Waals surface area contributed by atoms with Crippen molar-refractivity contribution >= 4 is 32.4 Å². The average Bonchev–Trinajstić information content (AvgIpc) is 3.00. The Morgan fingerprint density at radius 3 is 2.45 bits per heavy atom. The lowest BCUT2D eigenvalue weighted by Gasteiger charge is -2.12. The predicted molar refractivity (Wildman–Crippen MR) is 79.9 cm³/mol. The molecule has 2 aromatic heterocycles. The number of thiophene rings is 1. The molecule has 0 unspecified atom stereocenters. The highest BCUT2D eigenvalue weighted by molar-refractivity contribution is 7.17. The zero-order chi connectivity index (χ0) is 14.5. The molecule has 5 heteroatoms.